The van der Waals surface area contributed by atoms with E-state index in [1.54, 1.807) is 19.5 Å². The molecule has 0 atom stereocenters. The largest absolute Gasteiger partial charge is 0.384 e. The molecule has 1 aliphatic rings. The molecule has 0 aliphatic carbocycles. The number of β-amino-alcohol motifs (C(OH)–C–C–N with tert-alkyl or cyclic N) is 1. The number of aliphatic hydroxyl groups is 1. The maximum atomic E-state index is 9.87. The lowest BCUT2D eigenvalue weighted by Gasteiger charge is -2.45. The Hall–Kier alpha value is -0.470. The van der Waals surface area contributed by atoms with E-state index in [2.05, 4.69) is 32.6 Å². The van der Waals surface area contributed by atoms with E-state index in [4.69, 9.17) is 4.74 Å². The van der Waals surface area contributed by atoms with Crippen molar-refractivity contribution >= 4 is 28.5 Å². The van der Waals surface area contributed by atoms with Gasteiger partial charge in [0.05, 0.1) is 19.7 Å². The molecule has 82 valence electrons. The van der Waals surface area contributed by atoms with Crippen LogP contribution in [0, 0.1) is 3.57 Å². The van der Waals surface area contributed by atoms with Crippen molar-refractivity contribution in [3.05, 3.63) is 16.0 Å². The predicted molar refractivity (Wildman–Crippen MR) is 63.8 cm³/mol. The Bertz CT molecular complexity index is 338. The molecule has 1 saturated heterocycles. The zero-order chi connectivity index (χ0) is 10.9. The maximum absolute atomic E-state index is 9.87. The summed E-state index contributed by atoms with van der Waals surface area (Å²) in [4.78, 5) is 10.3. The van der Waals surface area contributed by atoms with Gasteiger partial charge < -0.3 is 14.7 Å². The number of halogens is 1. The summed E-state index contributed by atoms with van der Waals surface area (Å²) >= 11 is 2.16. The third kappa shape index (κ3) is 2.37. The molecule has 15 heavy (non-hydrogen) atoms. The summed E-state index contributed by atoms with van der Waals surface area (Å²) in [6.45, 7) is 1.41. The Labute approximate surface area is 102 Å². The maximum Gasteiger partial charge on any atom is 0.225 e. The summed E-state index contributed by atoms with van der Waals surface area (Å²) < 4.78 is 5.94. The Morgan fingerprint density at radius 1 is 1.53 bits per heavy atom. The number of nitrogens with zero attached hydrogens (tertiary/aromatic N) is 3. The first kappa shape index (κ1) is 11.0. The third-order valence-corrected chi connectivity index (χ3v) is 2.83. The van der Waals surface area contributed by atoms with Gasteiger partial charge in [0.1, 0.15) is 5.60 Å². The molecular formula is C9H12IN3O2. The monoisotopic (exact) mass is 321 g/mol. The molecule has 6 heteroatoms. The van der Waals surface area contributed by atoms with Crippen LogP contribution in [-0.4, -0.2) is 47.5 Å². The number of hydrogen-bond acceptors (Lipinski definition) is 5. The molecule has 1 aliphatic heterocycles. The smallest absolute Gasteiger partial charge is 0.225 e. The molecule has 0 unspecified atom stereocenters. The molecule has 5 nitrogen and oxygen atoms in total. The first-order valence-electron chi connectivity index (χ1n) is 4.57. The predicted octanol–water partition coefficient (Wildman–Crippen LogP) is 0.279. The molecule has 0 bridgehead atoms. The molecule has 0 aromatic carbocycles. The van der Waals surface area contributed by atoms with E-state index in [9.17, 15) is 5.11 Å². The highest BCUT2D eigenvalue weighted by Crippen LogP contribution is 2.24. The van der Waals surface area contributed by atoms with Gasteiger partial charge in [-0.2, -0.15) is 0 Å². The molecule has 2 heterocycles. The van der Waals surface area contributed by atoms with E-state index in [0.717, 1.165) is 3.57 Å². The van der Waals surface area contributed by atoms with Crippen molar-refractivity contribution in [1.82, 2.24) is 9.97 Å². The second-order valence-corrected chi connectivity index (χ2v) is 4.96. The van der Waals surface area contributed by atoms with Crippen LogP contribution in [0.3, 0.4) is 0 Å². The van der Waals surface area contributed by atoms with E-state index in [0.29, 0.717) is 25.6 Å². The standard InChI is InChI=1S/C9H12IN3O2/c1-15-6-9(14)4-13(5-9)8-11-2-7(10)3-12-8/h2-3,14H,4-6H2,1H3. The first-order chi connectivity index (χ1) is 7.13. The lowest BCUT2D eigenvalue weighted by molar-refractivity contribution is -0.0509. The molecule has 0 saturated carbocycles. The Morgan fingerprint density at radius 2 is 2.13 bits per heavy atom. The van der Waals surface area contributed by atoms with Crippen LogP contribution in [0.5, 0.6) is 0 Å². The van der Waals surface area contributed by atoms with Gasteiger partial charge in [0.25, 0.3) is 0 Å². The molecule has 0 radical (unpaired) electrons. The zero-order valence-electron chi connectivity index (χ0n) is 8.35. The average Bonchev–Trinajstić information content (AvgIpc) is 2.16. The average molecular weight is 321 g/mol. The van der Waals surface area contributed by atoms with Gasteiger partial charge in [-0.3, -0.25) is 0 Å². The van der Waals surface area contributed by atoms with Crippen molar-refractivity contribution in [2.24, 2.45) is 0 Å². The van der Waals surface area contributed by atoms with Gasteiger partial charge in [-0.25, -0.2) is 9.97 Å². The van der Waals surface area contributed by atoms with Crippen LogP contribution in [0.4, 0.5) is 5.95 Å². The minimum atomic E-state index is -0.735. The van der Waals surface area contributed by atoms with Crippen molar-refractivity contribution in [2.45, 2.75) is 5.60 Å². The fourth-order valence-corrected chi connectivity index (χ4v) is 1.91. The molecule has 2 rings (SSSR count). The Balaban J connectivity index is 1.97. The van der Waals surface area contributed by atoms with Gasteiger partial charge in [0.2, 0.25) is 5.95 Å². The zero-order valence-corrected chi connectivity index (χ0v) is 10.5. The highest BCUT2D eigenvalue weighted by Gasteiger charge is 2.42. The SMILES string of the molecule is COCC1(O)CN(c2ncc(I)cn2)C1. The van der Waals surface area contributed by atoms with Crippen LogP contribution in [0.25, 0.3) is 0 Å². The van der Waals surface area contributed by atoms with Crippen LogP contribution >= 0.6 is 22.6 Å². The minimum Gasteiger partial charge on any atom is -0.384 e. The number of methoxy groups -OCH3 is 1. The van der Waals surface area contributed by atoms with Gasteiger partial charge in [-0.05, 0) is 22.6 Å². The van der Waals surface area contributed by atoms with Gasteiger partial charge in [-0.1, -0.05) is 0 Å². The fraction of sp³-hybridized carbons (Fsp3) is 0.556. The summed E-state index contributed by atoms with van der Waals surface area (Å²) in [5, 5.41) is 9.87. The first-order valence-corrected chi connectivity index (χ1v) is 5.65. The van der Waals surface area contributed by atoms with Crippen LogP contribution < -0.4 is 4.90 Å². The lowest BCUT2D eigenvalue weighted by atomic mass is 9.96. The highest BCUT2D eigenvalue weighted by molar-refractivity contribution is 14.1. The summed E-state index contributed by atoms with van der Waals surface area (Å²) in [6, 6.07) is 0. The Morgan fingerprint density at radius 3 is 2.67 bits per heavy atom. The van der Waals surface area contributed by atoms with Gasteiger partial charge in [0.15, 0.2) is 0 Å². The Kier molecular flexibility index (Phi) is 3.08. The van der Waals surface area contributed by atoms with Gasteiger partial charge >= 0.3 is 0 Å². The molecule has 0 amide bonds. The molecule has 1 fully saturated rings. The van der Waals surface area contributed by atoms with Crippen LogP contribution in [0.1, 0.15) is 0 Å². The number of aromatic nitrogens is 2. The minimum absolute atomic E-state index is 0.355. The van der Waals surface area contributed by atoms with E-state index < -0.39 is 5.60 Å². The normalized spacial score (nSPS) is 18.7. The molecule has 1 aromatic heterocycles. The summed E-state index contributed by atoms with van der Waals surface area (Å²) in [5.74, 6) is 0.663. The fourth-order valence-electron chi connectivity index (χ4n) is 1.63. The van der Waals surface area contributed by atoms with E-state index in [-0.39, 0.29) is 0 Å². The number of rotatable bonds is 3. The van der Waals surface area contributed by atoms with Gasteiger partial charge in [-0.15, -0.1) is 0 Å². The second kappa shape index (κ2) is 4.18. The second-order valence-electron chi connectivity index (χ2n) is 3.71. The number of hydrogen-bond donors (Lipinski definition) is 1. The van der Waals surface area contributed by atoms with Gasteiger partial charge in [0, 0.05) is 23.1 Å². The summed E-state index contributed by atoms with van der Waals surface area (Å²) in [6.07, 6.45) is 3.52. The quantitative estimate of drug-likeness (QED) is 0.811. The third-order valence-electron chi connectivity index (χ3n) is 2.27. The molecule has 0 spiro atoms. The van der Waals surface area contributed by atoms with E-state index in [1.807, 2.05) is 4.90 Å². The highest BCUT2D eigenvalue weighted by atomic mass is 127. The number of anilines is 1. The van der Waals surface area contributed by atoms with E-state index in [1.165, 1.54) is 0 Å². The van der Waals surface area contributed by atoms with Crippen molar-refractivity contribution in [3.63, 3.8) is 0 Å². The van der Waals surface area contributed by atoms with Crippen molar-refractivity contribution < 1.29 is 9.84 Å². The molecule has 1 aromatic rings. The number of ether oxygens (including phenoxy) is 1. The topological polar surface area (TPSA) is 58.5 Å². The van der Waals surface area contributed by atoms with Crippen molar-refractivity contribution in [3.8, 4) is 0 Å². The van der Waals surface area contributed by atoms with Crippen LogP contribution in [0.2, 0.25) is 0 Å². The molecule has 1 N–H and O–H groups in total. The molecular weight excluding hydrogens is 309 g/mol. The van der Waals surface area contributed by atoms with Crippen LogP contribution in [-0.2, 0) is 4.74 Å². The lowest BCUT2D eigenvalue weighted by Crippen LogP contribution is -2.64. The van der Waals surface area contributed by atoms with Crippen molar-refractivity contribution in [1.29, 1.82) is 0 Å². The summed E-state index contributed by atoms with van der Waals surface area (Å²) in [7, 11) is 1.59. The van der Waals surface area contributed by atoms with E-state index >= 15 is 0 Å². The van der Waals surface area contributed by atoms with Crippen LogP contribution in [0.15, 0.2) is 12.4 Å². The summed E-state index contributed by atoms with van der Waals surface area (Å²) in [5.41, 5.74) is -0.735. The van der Waals surface area contributed by atoms with Crippen molar-refractivity contribution in [2.75, 3.05) is 31.7 Å².